The highest BCUT2D eigenvalue weighted by Gasteiger charge is 2.19. The molecule has 0 radical (unpaired) electrons. The van der Waals surface area contributed by atoms with Crippen LogP contribution >= 0.6 is 0 Å². The minimum atomic E-state index is 1.13. The van der Waals surface area contributed by atoms with E-state index in [0.29, 0.717) is 0 Å². The monoisotopic (exact) mass is 561 g/mol. The molecule has 0 amide bonds. The third kappa shape index (κ3) is 3.94. The van der Waals surface area contributed by atoms with E-state index in [9.17, 15) is 0 Å². The van der Waals surface area contributed by atoms with Crippen LogP contribution in [0.3, 0.4) is 0 Å². The number of fused-ring (bicyclic) bond motifs is 4. The molecule has 208 valence electrons. The predicted molar refractivity (Wildman–Crippen MR) is 191 cm³/mol. The second kappa shape index (κ2) is 10.6. The Bertz CT molecular complexity index is 2360. The van der Waals surface area contributed by atoms with Gasteiger partial charge in [0.2, 0.25) is 0 Å². The van der Waals surface area contributed by atoms with E-state index in [-0.39, 0.29) is 0 Å². The Morgan fingerprint density at radius 3 is 1.80 bits per heavy atom. The molecule has 1 aromatic heterocycles. The second-order valence-corrected chi connectivity index (χ2v) is 11.3. The zero-order chi connectivity index (χ0) is 29.6. The Morgan fingerprint density at radius 1 is 0.545 bits per heavy atom. The maximum Gasteiger partial charge on any atom is 0.0541 e. The van der Waals surface area contributed by atoms with Crippen LogP contribution in [0.5, 0.6) is 0 Å². The van der Waals surface area contributed by atoms with Crippen molar-refractivity contribution in [1.82, 2.24) is 4.57 Å². The van der Waals surface area contributed by atoms with Crippen LogP contribution in [0.1, 0.15) is 18.2 Å². The molecule has 1 heteroatoms. The minimum Gasteiger partial charge on any atom is -0.309 e. The number of nitrogens with zero attached hydrogens (tertiary/aromatic N) is 1. The highest BCUT2D eigenvalue weighted by molar-refractivity contribution is 6.23. The quantitative estimate of drug-likeness (QED) is 0.184. The van der Waals surface area contributed by atoms with E-state index >= 15 is 0 Å². The van der Waals surface area contributed by atoms with Crippen LogP contribution in [-0.2, 0) is 0 Å². The van der Waals surface area contributed by atoms with E-state index in [0.717, 1.165) is 16.9 Å². The molecular formula is C43H31N. The van der Waals surface area contributed by atoms with Gasteiger partial charge >= 0.3 is 0 Å². The highest BCUT2D eigenvalue weighted by atomic mass is 15.0. The summed E-state index contributed by atoms with van der Waals surface area (Å²) in [5.74, 6) is 0. The molecule has 0 unspecified atom stereocenters. The Kier molecular flexibility index (Phi) is 6.24. The van der Waals surface area contributed by atoms with E-state index in [4.69, 9.17) is 0 Å². The summed E-state index contributed by atoms with van der Waals surface area (Å²) in [6.45, 7) is 6.24. The average Bonchev–Trinajstić information content (AvgIpc) is 3.40. The first-order valence-corrected chi connectivity index (χ1v) is 15.2. The summed E-state index contributed by atoms with van der Waals surface area (Å²) in [7, 11) is 0. The standard InChI is InChI=1S/C43H31N/c1-3-15-40-32(4-2)34-21-11-12-27-41(34)44(40)31-19-13-18-30(28-31)42-36-22-7-9-24-38(36)43(39-25-10-8-23-37(39)42)35-26-14-17-29-16-5-6-20-33(29)35/h3-28H,2H2,1H3/b15-3-. The van der Waals surface area contributed by atoms with E-state index in [1.165, 1.54) is 65.5 Å². The lowest BCUT2D eigenvalue weighted by Crippen LogP contribution is -1.98. The molecule has 1 nitrogen and oxygen atoms in total. The number of allylic oxidation sites excluding steroid dienone is 1. The van der Waals surface area contributed by atoms with Crippen molar-refractivity contribution < 1.29 is 0 Å². The molecule has 44 heavy (non-hydrogen) atoms. The van der Waals surface area contributed by atoms with Gasteiger partial charge in [-0.25, -0.2) is 0 Å². The molecule has 0 bridgehead atoms. The minimum absolute atomic E-state index is 1.13. The van der Waals surface area contributed by atoms with Crippen LogP contribution in [0.25, 0.3) is 83.3 Å². The van der Waals surface area contributed by atoms with Crippen LogP contribution in [0, 0.1) is 0 Å². The van der Waals surface area contributed by atoms with Crippen LogP contribution < -0.4 is 0 Å². The lowest BCUT2D eigenvalue weighted by atomic mass is 9.84. The van der Waals surface area contributed by atoms with Gasteiger partial charge in [0.05, 0.1) is 11.2 Å². The number of aromatic nitrogens is 1. The van der Waals surface area contributed by atoms with Gasteiger partial charge in [0, 0.05) is 16.6 Å². The van der Waals surface area contributed by atoms with Crippen molar-refractivity contribution in [1.29, 1.82) is 0 Å². The Morgan fingerprint density at radius 2 is 1.11 bits per heavy atom. The fourth-order valence-corrected chi connectivity index (χ4v) is 7.07. The first kappa shape index (κ1) is 26.0. The van der Waals surface area contributed by atoms with Crippen molar-refractivity contribution in [3.63, 3.8) is 0 Å². The van der Waals surface area contributed by atoms with Crippen LogP contribution in [-0.4, -0.2) is 4.57 Å². The van der Waals surface area contributed by atoms with Crippen molar-refractivity contribution in [3.05, 3.63) is 163 Å². The summed E-state index contributed by atoms with van der Waals surface area (Å²) in [4.78, 5) is 0. The Hall–Kier alpha value is -5.66. The van der Waals surface area contributed by atoms with Gasteiger partial charge in [-0.1, -0.05) is 140 Å². The zero-order valence-electron chi connectivity index (χ0n) is 24.7. The highest BCUT2D eigenvalue weighted by Crippen LogP contribution is 2.45. The summed E-state index contributed by atoms with van der Waals surface area (Å²) < 4.78 is 2.37. The molecular weight excluding hydrogens is 530 g/mol. The largest absolute Gasteiger partial charge is 0.309 e. The van der Waals surface area contributed by atoms with Gasteiger partial charge in [-0.05, 0) is 85.8 Å². The topological polar surface area (TPSA) is 4.93 Å². The molecule has 0 N–H and O–H groups in total. The van der Waals surface area contributed by atoms with Crippen molar-refractivity contribution in [2.45, 2.75) is 6.92 Å². The average molecular weight is 562 g/mol. The Labute approximate surface area is 257 Å². The number of para-hydroxylation sites is 1. The molecule has 0 fully saturated rings. The first-order chi connectivity index (χ1) is 21.8. The van der Waals surface area contributed by atoms with Crippen molar-refractivity contribution >= 4 is 55.4 Å². The molecule has 7 aromatic carbocycles. The van der Waals surface area contributed by atoms with Gasteiger partial charge in [-0.3, -0.25) is 0 Å². The van der Waals surface area contributed by atoms with Crippen molar-refractivity contribution in [2.75, 3.05) is 0 Å². The number of hydrogen-bond donors (Lipinski definition) is 0. The van der Waals surface area contributed by atoms with Gasteiger partial charge in [-0.15, -0.1) is 0 Å². The molecule has 0 saturated heterocycles. The lowest BCUT2D eigenvalue weighted by Gasteiger charge is -2.19. The number of hydrogen-bond acceptors (Lipinski definition) is 0. The summed E-state index contributed by atoms with van der Waals surface area (Å²) in [5, 5.41) is 8.76. The molecule has 0 aliphatic rings. The summed E-state index contributed by atoms with van der Waals surface area (Å²) in [5.41, 5.74) is 9.61. The molecule has 0 spiro atoms. The van der Waals surface area contributed by atoms with E-state index in [2.05, 4.69) is 170 Å². The van der Waals surface area contributed by atoms with Gasteiger partial charge in [0.15, 0.2) is 0 Å². The van der Waals surface area contributed by atoms with E-state index in [1.54, 1.807) is 0 Å². The lowest BCUT2D eigenvalue weighted by molar-refractivity contribution is 1.11. The zero-order valence-corrected chi connectivity index (χ0v) is 24.7. The molecule has 8 aromatic rings. The smallest absolute Gasteiger partial charge is 0.0541 e. The van der Waals surface area contributed by atoms with Crippen LogP contribution in [0.2, 0.25) is 0 Å². The molecule has 0 aliphatic carbocycles. The molecule has 0 atom stereocenters. The first-order valence-electron chi connectivity index (χ1n) is 15.2. The predicted octanol–water partition coefficient (Wildman–Crippen LogP) is 12.1. The summed E-state index contributed by atoms with van der Waals surface area (Å²) >= 11 is 0. The SMILES string of the molecule is C=Cc1c(/C=C\C)n(-c2cccc(-c3c4ccccc4c(-c4cccc5ccccc45)c4ccccc34)c2)c2ccccc12. The Balaban J connectivity index is 1.45. The van der Waals surface area contributed by atoms with Crippen molar-refractivity contribution in [3.8, 4) is 27.9 Å². The van der Waals surface area contributed by atoms with Crippen molar-refractivity contribution in [2.24, 2.45) is 0 Å². The van der Waals surface area contributed by atoms with Crippen LogP contribution in [0.4, 0.5) is 0 Å². The number of benzene rings is 7. The third-order valence-corrected chi connectivity index (χ3v) is 8.86. The van der Waals surface area contributed by atoms with Gasteiger partial charge < -0.3 is 4.57 Å². The fourth-order valence-electron chi connectivity index (χ4n) is 7.07. The fraction of sp³-hybridized carbons (Fsp3) is 0.0233. The number of rotatable bonds is 5. The molecule has 0 aliphatic heterocycles. The molecule has 8 rings (SSSR count). The summed E-state index contributed by atoms with van der Waals surface area (Å²) in [6.07, 6.45) is 6.27. The normalized spacial score (nSPS) is 11.8. The third-order valence-electron chi connectivity index (χ3n) is 8.86. The molecule has 1 heterocycles. The maximum atomic E-state index is 4.17. The van der Waals surface area contributed by atoms with Gasteiger partial charge in [-0.2, -0.15) is 0 Å². The maximum absolute atomic E-state index is 4.17. The van der Waals surface area contributed by atoms with Gasteiger partial charge in [0.1, 0.15) is 0 Å². The van der Waals surface area contributed by atoms with E-state index < -0.39 is 0 Å². The van der Waals surface area contributed by atoms with Gasteiger partial charge in [0.25, 0.3) is 0 Å². The van der Waals surface area contributed by atoms with E-state index in [1.807, 2.05) is 6.08 Å². The second-order valence-electron chi connectivity index (χ2n) is 11.3. The molecule has 0 saturated carbocycles. The summed E-state index contributed by atoms with van der Waals surface area (Å²) in [6, 6.07) is 50.8. The van der Waals surface area contributed by atoms with Crippen LogP contribution in [0.15, 0.2) is 152 Å².